The van der Waals surface area contributed by atoms with Crippen LogP contribution in [0.1, 0.15) is 28.0 Å². The van der Waals surface area contributed by atoms with Crippen molar-refractivity contribution in [3.8, 4) is 0 Å². The molecule has 0 spiro atoms. The summed E-state index contributed by atoms with van der Waals surface area (Å²) in [4.78, 5) is 20.8. The van der Waals surface area contributed by atoms with E-state index in [0.29, 0.717) is 13.1 Å². The lowest BCUT2D eigenvalue weighted by molar-refractivity contribution is -0.141. The van der Waals surface area contributed by atoms with Gasteiger partial charge in [0.1, 0.15) is 0 Å². The Morgan fingerprint density at radius 3 is 2.85 bits per heavy atom. The van der Waals surface area contributed by atoms with Crippen molar-refractivity contribution in [2.75, 3.05) is 19.6 Å². The van der Waals surface area contributed by atoms with E-state index < -0.39 is 17.8 Å². The Hall–Kier alpha value is -2.42. The van der Waals surface area contributed by atoms with Crippen LogP contribution in [0.15, 0.2) is 30.7 Å². The van der Waals surface area contributed by atoms with Gasteiger partial charge in [-0.05, 0) is 24.0 Å². The second-order valence-electron chi connectivity index (χ2n) is 7.23. The number of amides is 1. The summed E-state index contributed by atoms with van der Waals surface area (Å²) < 4.78 is 40.7. The zero-order valence-corrected chi connectivity index (χ0v) is 14.9. The Kier molecular flexibility index (Phi) is 4.41. The molecule has 2 aromatic rings. The zero-order valence-electron chi connectivity index (χ0n) is 14.9. The SMILES string of the molecule is Cn1cc(C(=O)N2CC[C@H]3CN(Cc4cccnc4)C[C@H]32)c(C(F)(F)F)n1. The van der Waals surface area contributed by atoms with Gasteiger partial charge in [0, 0.05) is 57.9 Å². The van der Waals surface area contributed by atoms with Crippen molar-refractivity contribution < 1.29 is 18.0 Å². The number of nitrogens with zero attached hydrogens (tertiary/aromatic N) is 5. The number of fused-ring (bicyclic) bond motifs is 1. The fourth-order valence-electron chi connectivity index (χ4n) is 4.19. The molecule has 0 bridgehead atoms. The second-order valence-corrected chi connectivity index (χ2v) is 7.23. The summed E-state index contributed by atoms with van der Waals surface area (Å²) in [6, 6.07) is 3.81. The van der Waals surface area contributed by atoms with E-state index in [1.807, 2.05) is 18.3 Å². The van der Waals surface area contributed by atoms with Crippen molar-refractivity contribution in [2.45, 2.75) is 25.2 Å². The molecule has 2 aliphatic heterocycles. The lowest BCUT2D eigenvalue weighted by Crippen LogP contribution is -2.40. The Morgan fingerprint density at radius 2 is 2.15 bits per heavy atom. The van der Waals surface area contributed by atoms with Crippen LogP contribution in [-0.4, -0.2) is 56.1 Å². The van der Waals surface area contributed by atoms with E-state index in [-0.39, 0.29) is 17.5 Å². The van der Waals surface area contributed by atoms with Crippen molar-refractivity contribution in [3.63, 3.8) is 0 Å². The number of aryl methyl sites for hydroxylation is 1. The fraction of sp³-hybridized carbons (Fsp3) is 0.500. The molecule has 0 radical (unpaired) electrons. The van der Waals surface area contributed by atoms with Gasteiger partial charge < -0.3 is 4.90 Å². The number of carbonyl (C=O) groups excluding carboxylic acids is 1. The zero-order chi connectivity index (χ0) is 19.2. The molecular formula is C18H20F3N5O. The molecule has 9 heteroatoms. The van der Waals surface area contributed by atoms with Crippen LogP contribution in [0.4, 0.5) is 13.2 Å². The number of likely N-dealkylation sites (tertiary alicyclic amines) is 2. The van der Waals surface area contributed by atoms with Crippen molar-refractivity contribution >= 4 is 5.91 Å². The van der Waals surface area contributed by atoms with E-state index in [9.17, 15) is 18.0 Å². The third-order valence-corrected chi connectivity index (χ3v) is 5.34. The molecule has 6 nitrogen and oxygen atoms in total. The minimum absolute atomic E-state index is 0.0598. The maximum absolute atomic E-state index is 13.2. The monoisotopic (exact) mass is 379 g/mol. The van der Waals surface area contributed by atoms with Crippen LogP contribution in [0.2, 0.25) is 0 Å². The maximum Gasteiger partial charge on any atom is 0.435 e. The largest absolute Gasteiger partial charge is 0.435 e. The first-order valence-corrected chi connectivity index (χ1v) is 8.86. The van der Waals surface area contributed by atoms with E-state index in [0.717, 1.165) is 29.8 Å². The van der Waals surface area contributed by atoms with Crippen LogP contribution in [-0.2, 0) is 19.8 Å². The summed E-state index contributed by atoms with van der Waals surface area (Å²) in [7, 11) is 1.39. The molecule has 2 aromatic heterocycles. The van der Waals surface area contributed by atoms with Crippen LogP contribution in [0.3, 0.4) is 0 Å². The van der Waals surface area contributed by atoms with Gasteiger partial charge in [-0.25, -0.2) is 0 Å². The Morgan fingerprint density at radius 1 is 1.33 bits per heavy atom. The van der Waals surface area contributed by atoms with Crippen molar-refractivity contribution in [1.29, 1.82) is 0 Å². The smallest absolute Gasteiger partial charge is 0.334 e. The molecule has 0 unspecified atom stereocenters. The fourth-order valence-corrected chi connectivity index (χ4v) is 4.19. The highest BCUT2D eigenvalue weighted by Gasteiger charge is 2.46. The second kappa shape index (κ2) is 6.63. The average Bonchev–Trinajstić information content (AvgIpc) is 3.28. The van der Waals surface area contributed by atoms with Gasteiger partial charge in [-0.15, -0.1) is 0 Å². The van der Waals surface area contributed by atoms with Crippen molar-refractivity contribution in [1.82, 2.24) is 24.6 Å². The summed E-state index contributed by atoms with van der Waals surface area (Å²) in [5.74, 6) is -0.289. The van der Waals surface area contributed by atoms with Gasteiger partial charge in [-0.2, -0.15) is 18.3 Å². The lowest BCUT2D eigenvalue weighted by atomic mass is 10.0. The van der Waals surface area contributed by atoms with Crippen molar-refractivity contribution in [2.24, 2.45) is 13.0 Å². The Bertz CT molecular complexity index is 835. The van der Waals surface area contributed by atoms with Crippen LogP contribution < -0.4 is 0 Å². The molecule has 0 aromatic carbocycles. The van der Waals surface area contributed by atoms with Gasteiger partial charge in [-0.1, -0.05) is 6.07 Å². The number of halogens is 3. The first-order valence-electron chi connectivity index (χ1n) is 8.86. The van der Waals surface area contributed by atoms with Gasteiger partial charge in [0.05, 0.1) is 5.56 Å². The molecule has 2 aliphatic rings. The van der Waals surface area contributed by atoms with Crippen LogP contribution in [0, 0.1) is 5.92 Å². The van der Waals surface area contributed by atoms with Gasteiger partial charge in [-0.3, -0.25) is 19.4 Å². The standard InChI is InChI=1S/C18H20F3N5O/c1-24-10-14(16(23-24)18(19,20)21)17(27)26-6-4-13-9-25(11-15(13)26)8-12-3-2-5-22-7-12/h2-3,5,7,10,13,15H,4,6,8-9,11H2,1H3/t13-,15+/m0/s1. The molecule has 0 N–H and O–H groups in total. The third-order valence-electron chi connectivity index (χ3n) is 5.34. The summed E-state index contributed by atoms with van der Waals surface area (Å²) in [5, 5.41) is 3.46. The van der Waals surface area contributed by atoms with Crippen LogP contribution in [0.5, 0.6) is 0 Å². The summed E-state index contributed by atoms with van der Waals surface area (Å²) in [6.07, 6.45) is 0.854. The minimum Gasteiger partial charge on any atom is -0.334 e. The Balaban J connectivity index is 1.50. The molecule has 2 fully saturated rings. The van der Waals surface area contributed by atoms with Crippen molar-refractivity contribution in [3.05, 3.63) is 47.5 Å². The van der Waals surface area contributed by atoms with Gasteiger partial charge in [0.2, 0.25) is 0 Å². The van der Waals surface area contributed by atoms with Gasteiger partial charge in [0.15, 0.2) is 5.69 Å². The first kappa shape index (κ1) is 18.0. The highest BCUT2D eigenvalue weighted by Crippen LogP contribution is 2.36. The number of carbonyl (C=O) groups is 1. The van der Waals surface area contributed by atoms with E-state index in [1.165, 1.54) is 13.2 Å². The topological polar surface area (TPSA) is 54.3 Å². The van der Waals surface area contributed by atoms with Crippen LogP contribution in [0.25, 0.3) is 0 Å². The molecule has 4 heterocycles. The molecule has 4 rings (SSSR count). The predicted octanol–water partition coefficient (Wildman–Crippen LogP) is 2.18. The summed E-state index contributed by atoms with van der Waals surface area (Å²) in [6.45, 7) is 2.71. The molecule has 0 aliphatic carbocycles. The normalized spacial score (nSPS) is 23.0. The van der Waals surface area contributed by atoms with E-state index in [2.05, 4.69) is 15.0 Å². The lowest BCUT2D eigenvalue weighted by Gasteiger charge is -2.25. The molecule has 27 heavy (non-hydrogen) atoms. The molecule has 2 atom stereocenters. The average molecular weight is 379 g/mol. The van der Waals surface area contributed by atoms with Gasteiger partial charge >= 0.3 is 6.18 Å². The predicted molar refractivity (Wildman–Crippen MR) is 90.7 cm³/mol. The number of hydrogen-bond donors (Lipinski definition) is 0. The number of rotatable bonds is 3. The molecular weight excluding hydrogens is 359 g/mol. The first-order chi connectivity index (χ1) is 12.8. The number of pyridine rings is 1. The number of alkyl halides is 3. The minimum atomic E-state index is -4.65. The number of hydrogen-bond acceptors (Lipinski definition) is 4. The molecule has 1 amide bonds. The quantitative estimate of drug-likeness (QED) is 0.820. The van der Waals surface area contributed by atoms with E-state index in [4.69, 9.17) is 0 Å². The highest BCUT2D eigenvalue weighted by atomic mass is 19.4. The van der Waals surface area contributed by atoms with E-state index in [1.54, 1.807) is 11.1 Å². The third kappa shape index (κ3) is 3.43. The molecule has 144 valence electrons. The summed E-state index contributed by atoms with van der Waals surface area (Å²) >= 11 is 0. The van der Waals surface area contributed by atoms with Crippen LogP contribution >= 0.6 is 0 Å². The molecule has 2 saturated heterocycles. The van der Waals surface area contributed by atoms with E-state index >= 15 is 0 Å². The Labute approximate surface area is 154 Å². The number of aromatic nitrogens is 3. The highest BCUT2D eigenvalue weighted by molar-refractivity contribution is 5.95. The summed E-state index contributed by atoms with van der Waals surface area (Å²) in [5.41, 5.74) is -0.387. The van der Waals surface area contributed by atoms with Gasteiger partial charge in [0.25, 0.3) is 5.91 Å². The molecule has 0 saturated carbocycles. The maximum atomic E-state index is 13.2.